The number of rotatable bonds is 13. The van der Waals surface area contributed by atoms with Crippen molar-refractivity contribution in [3.05, 3.63) is 0 Å². The van der Waals surface area contributed by atoms with Crippen LogP contribution in [0.5, 0.6) is 0 Å². The molecule has 3 fully saturated rings. The number of hydrogen-bond acceptors (Lipinski definition) is 19. The summed E-state index contributed by atoms with van der Waals surface area (Å²) in [5.41, 5.74) is 0. The van der Waals surface area contributed by atoms with Crippen LogP contribution in [0.2, 0.25) is 0 Å². The molecule has 3 rings (SSSR count). The highest BCUT2D eigenvalue weighted by Gasteiger charge is 2.57. The van der Waals surface area contributed by atoms with Crippen LogP contribution >= 0.6 is 0 Å². The quantitative estimate of drug-likeness (QED) is 0.0852. The molecule has 0 aromatic carbocycles. The lowest BCUT2D eigenvalue weighted by Gasteiger charge is -2.48. The number of hydrogen-bond donors (Lipinski definition) is 14. The van der Waals surface area contributed by atoms with Gasteiger partial charge in [0.25, 0.3) is 5.79 Å². The van der Waals surface area contributed by atoms with Gasteiger partial charge in [0.05, 0.1) is 32.0 Å². The lowest BCUT2D eigenvalue weighted by atomic mass is 9.88. The fourth-order valence-electron chi connectivity index (χ4n) is 5.45. The first-order valence-electron chi connectivity index (χ1n) is 14.4. The van der Waals surface area contributed by atoms with E-state index in [0.29, 0.717) is 0 Å². The standard InChI is InChI=1S/C25H42N2O20/c1-7(31)26-14-17(37)20(10(4-29)44-22(14)40)46-23-19(39)18(38)16(36)11(45-23)6-43-25(24(41)42)2-8(32)13(27-12(34)5-30)21(47-25)15(35)9(33)3-28/h8-11,13-23,28-30,32-33,35-40H,2-6H2,1H3,(H,26,31)(H,27,34)(H,41,42)/t8-,9+,10+,11+,13+,14+,15+,16-,17+,18-,19+,20+,21+,22?,23-,25+/m0/s1. The van der Waals surface area contributed by atoms with Crippen LogP contribution in [0.4, 0.5) is 0 Å². The molecule has 3 aliphatic rings. The number of carbonyl (C=O) groups excluding carboxylic acids is 2. The zero-order valence-corrected chi connectivity index (χ0v) is 24.8. The van der Waals surface area contributed by atoms with E-state index < -0.39 is 148 Å². The van der Waals surface area contributed by atoms with Crippen molar-refractivity contribution >= 4 is 17.8 Å². The van der Waals surface area contributed by atoms with E-state index in [1.54, 1.807) is 0 Å². The Morgan fingerprint density at radius 2 is 1.55 bits per heavy atom. The summed E-state index contributed by atoms with van der Waals surface area (Å²) in [4.78, 5) is 35.8. The zero-order chi connectivity index (χ0) is 35.4. The summed E-state index contributed by atoms with van der Waals surface area (Å²) in [5, 5.41) is 126. The predicted octanol–water partition coefficient (Wildman–Crippen LogP) is -9.11. The molecule has 0 aliphatic carbocycles. The van der Waals surface area contributed by atoms with Crippen molar-refractivity contribution in [3.8, 4) is 0 Å². The summed E-state index contributed by atoms with van der Waals surface area (Å²) < 4.78 is 27.1. The summed E-state index contributed by atoms with van der Waals surface area (Å²) in [5.74, 6) is -6.59. The maximum atomic E-state index is 12.4. The third kappa shape index (κ3) is 8.69. The SMILES string of the molecule is CC(=O)N[C@H]1C(O)O[C@H](CO)[C@@H](O[C@@H]2O[C@H](CO[C@]3(C(=O)O)C[C@H](O)[C@@H](NC(=O)CO)[C@H]([C@H](O)[C@H](O)CO)O3)[C@H](O)[C@H](O)[C@H]2O)[C@@H]1O. The molecule has 0 spiro atoms. The highest BCUT2D eigenvalue weighted by Crippen LogP contribution is 2.35. The van der Waals surface area contributed by atoms with Crippen LogP contribution in [0.1, 0.15) is 13.3 Å². The van der Waals surface area contributed by atoms with Crippen LogP contribution < -0.4 is 10.6 Å². The van der Waals surface area contributed by atoms with Gasteiger partial charge in [-0.1, -0.05) is 0 Å². The lowest BCUT2D eigenvalue weighted by Crippen LogP contribution is -2.69. The third-order valence-corrected chi connectivity index (χ3v) is 7.97. The molecular weight excluding hydrogens is 648 g/mol. The molecule has 0 aromatic rings. The molecule has 0 bridgehead atoms. The Labute approximate surface area is 265 Å². The van der Waals surface area contributed by atoms with Crippen LogP contribution in [0.15, 0.2) is 0 Å². The molecule has 3 saturated heterocycles. The van der Waals surface area contributed by atoms with Gasteiger partial charge in [-0.2, -0.15) is 0 Å². The molecule has 1 unspecified atom stereocenters. The van der Waals surface area contributed by atoms with Crippen molar-refractivity contribution in [2.45, 2.75) is 111 Å². The Kier molecular flexibility index (Phi) is 13.7. The minimum atomic E-state index is -2.90. The van der Waals surface area contributed by atoms with Crippen molar-refractivity contribution in [3.63, 3.8) is 0 Å². The number of aliphatic carboxylic acids is 1. The van der Waals surface area contributed by atoms with Crippen molar-refractivity contribution < 1.29 is 99.3 Å². The van der Waals surface area contributed by atoms with Gasteiger partial charge < -0.3 is 95.6 Å². The Morgan fingerprint density at radius 1 is 0.894 bits per heavy atom. The number of aliphatic hydroxyl groups is 11. The number of carbonyl (C=O) groups is 3. The fraction of sp³-hybridized carbons (Fsp3) is 0.880. The summed E-state index contributed by atoms with van der Waals surface area (Å²) in [6.07, 6.45) is -25.5. The second-order valence-electron chi connectivity index (χ2n) is 11.3. The summed E-state index contributed by atoms with van der Waals surface area (Å²) in [6.45, 7) is -2.94. The molecule has 22 nitrogen and oxygen atoms in total. The first kappa shape index (κ1) is 39.2. The highest BCUT2D eigenvalue weighted by molar-refractivity contribution is 5.78. The molecule has 272 valence electrons. The van der Waals surface area contributed by atoms with E-state index in [9.17, 15) is 70.6 Å². The molecule has 0 saturated carbocycles. The predicted molar refractivity (Wildman–Crippen MR) is 143 cm³/mol. The van der Waals surface area contributed by atoms with Crippen LogP contribution in [-0.2, 0) is 38.1 Å². The van der Waals surface area contributed by atoms with Crippen molar-refractivity contribution in [2.75, 3.05) is 26.4 Å². The van der Waals surface area contributed by atoms with E-state index in [4.69, 9.17) is 28.8 Å². The first-order chi connectivity index (χ1) is 22.0. The van der Waals surface area contributed by atoms with Crippen LogP contribution in [0.25, 0.3) is 0 Å². The Hall–Kier alpha value is -2.23. The molecule has 3 aliphatic heterocycles. The van der Waals surface area contributed by atoms with Gasteiger partial charge in [-0.3, -0.25) is 9.59 Å². The van der Waals surface area contributed by atoms with Gasteiger partial charge in [0.15, 0.2) is 12.6 Å². The normalized spacial score (nSPS) is 42.3. The minimum Gasteiger partial charge on any atom is -0.477 e. The number of amides is 2. The van der Waals surface area contributed by atoms with Crippen LogP contribution in [-0.4, -0.2) is 203 Å². The van der Waals surface area contributed by atoms with E-state index >= 15 is 0 Å². The van der Waals surface area contributed by atoms with Crippen molar-refractivity contribution in [1.29, 1.82) is 0 Å². The maximum absolute atomic E-state index is 12.4. The fourth-order valence-corrected chi connectivity index (χ4v) is 5.45. The Morgan fingerprint density at radius 3 is 2.11 bits per heavy atom. The topological polar surface area (TPSA) is 364 Å². The molecule has 22 heteroatoms. The lowest BCUT2D eigenvalue weighted by molar-refractivity contribution is -0.358. The molecule has 47 heavy (non-hydrogen) atoms. The second-order valence-corrected chi connectivity index (χ2v) is 11.3. The largest absolute Gasteiger partial charge is 0.477 e. The van der Waals surface area contributed by atoms with Gasteiger partial charge in [0.1, 0.15) is 73.7 Å². The first-order valence-corrected chi connectivity index (χ1v) is 14.4. The van der Waals surface area contributed by atoms with E-state index in [1.807, 2.05) is 0 Å². The van der Waals surface area contributed by atoms with E-state index in [-0.39, 0.29) is 0 Å². The van der Waals surface area contributed by atoms with Crippen molar-refractivity contribution in [1.82, 2.24) is 10.6 Å². The van der Waals surface area contributed by atoms with Gasteiger partial charge >= 0.3 is 5.97 Å². The highest BCUT2D eigenvalue weighted by atomic mass is 16.8. The van der Waals surface area contributed by atoms with Crippen LogP contribution in [0, 0.1) is 0 Å². The number of carboxylic acid groups (broad SMARTS) is 1. The average Bonchev–Trinajstić information content (AvgIpc) is 3.03. The molecule has 16 atom stereocenters. The average molecular weight is 691 g/mol. The van der Waals surface area contributed by atoms with Gasteiger partial charge in [0, 0.05) is 13.3 Å². The van der Waals surface area contributed by atoms with Gasteiger partial charge in [-0.15, -0.1) is 0 Å². The zero-order valence-electron chi connectivity index (χ0n) is 24.8. The van der Waals surface area contributed by atoms with E-state index in [0.717, 1.165) is 6.92 Å². The summed E-state index contributed by atoms with van der Waals surface area (Å²) in [6, 6.07) is -3.13. The maximum Gasteiger partial charge on any atom is 0.364 e. The third-order valence-electron chi connectivity index (χ3n) is 7.97. The van der Waals surface area contributed by atoms with Crippen molar-refractivity contribution in [2.24, 2.45) is 0 Å². The minimum absolute atomic E-state index is 0.687. The van der Waals surface area contributed by atoms with E-state index in [2.05, 4.69) is 10.6 Å². The monoisotopic (exact) mass is 690 g/mol. The molecule has 3 heterocycles. The Balaban J connectivity index is 1.83. The van der Waals surface area contributed by atoms with Gasteiger partial charge in [-0.25, -0.2) is 4.79 Å². The van der Waals surface area contributed by atoms with Gasteiger partial charge in [-0.05, 0) is 0 Å². The number of carboxylic acids is 1. The Bertz CT molecular complexity index is 1070. The number of aliphatic hydroxyl groups excluding tert-OH is 11. The summed E-state index contributed by atoms with van der Waals surface area (Å²) in [7, 11) is 0. The van der Waals surface area contributed by atoms with Crippen LogP contribution in [0.3, 0.4) is 0 Å². The summed E-state index contributed by atoms with van der Waals surface area (Å²) >= 11 is 0. The number of nitrogens with one attached hydrogen (secondary N) is 2. The second kappa shape index (κ2) is 16.4. The number of ether oxygens (including phenoxy) is 5. The molecule has 14 N–H and O–H groups in total. The van der Waals surface area contributed by atoms with E-state index in [1.165, 1.54) is 0 Å². The van der Waals surface area contributed by atoms with Gasteiger partial charge in [0.2, 0.25) is 11.8 Å². The molecule has 2 amide bonds. The molecule has 0 aromatic heterocycles. The molecular formula is C25H42N2O20. The smallest absolute Gasteiger partial charge is 0.364 e. The molecule has 0 radical (unpaired) electrons.